The molecule has 1 aliphatic heterocycles. The van der Waals surface area contributed by atoms with Gasteiger partial charge in [0.05, 0.1) is 11.6 Å². The Hall–Kier alpha value is -2.69. The smallest absolute Gasteiger partial charge is 0.407 e. The van der Waals surface area contributed by atoms with Gasteiger partial charge in [-0.25, -0.2) is 4.79 Å². The van der Waals surface area contributed by atoms with E-state index in [2.05, 4.69) is 17.4 Å². The summed E-state index contributed by atoms with van der Waals surface area (Å²) in [5.41, 5.74) is 4.96. The number of fused-ring (bicyclic) bond motifs is 1. The topological polar surface area (TPSA) is 47.6 Å². The van der Waals surface area contributed by atoms with Crippen molar-refractivity contribution < 1.29 is 14.3 Å². The number of amides is 1. The molecule has 30 heavy (non-hydrogen) atoms. The predicted octanol–water partition coefficient (Wildman–Crippen LogP) is 6.20. The highest BCUT2D eigenvalue weighted by molar-refractivity contribution is 6.36. The van der Waals surface area contributed by atoms with Crippen LogP contribution >= 0.6 is 23.2 Å². The molecule has 154 valence electrons. The summed E-state index contributed by atoms with van der Waals surface area (Å²) in [4.78, 5) is 12.0. The fraction of sp³-hybridized carbons (Fsp3) is 0.208. The van der Waals surface area contributed by atoms with E-state index in [4.69, 9.17) is 32.7 Å². The third-order valence-electron chi connectivity index (χ3n) is 4.95. The van der Waals surface area contributed by atoms with Gasteiger partial charge in [0, 0.05) is 22.6 Å². The second-order valence-electron chi connectivity index (χ2n) is 7.31. The molecule has 3 aromatic carbocycles. The summed E-state index contributed by atoms with van der Waals surface area (Å²) in [6.45, 7) is 2.63. The second kappa shape index (κ2) is 8.99. The SMILES string of the molecule is Cc1cc2c(c(-c3ccc(Cl)cc3Cl)c1)OC(CNC(=O)OCc1ccccc1)C2. The number of hydrogen-bond donors (Lipinski definition) is 1. The van der Waals surface area contributed by atoms with Crippen molar-refractivity contribution in [1.82, 2.24) is 5.32 Å². The van der Waals surface area contributed by atoms with E-state index in [1.807, 2.05) is 49.4 Å². The van der Waals surface area contributed by atoms with E-state index in [1.54, 1.807) is 6.07 Å². The lowest BCUT2D eigenvalue weighted by Crippen LogP contribution is -2.34. The summed E-state index contributed by atoms with van der Waals surface area (Å²) in [7, 11) is 0. The Balaban J connectivity index is 1.41. The van der Waals surface area contributed by atoms with E-state index in [1.165, 1.54) is 0 Å². The molecule has 1 unspecified atom stereocenters. The highest BCUT2D eigenvalue weighted by atomic mass is 35.5. The van der Waals surface area contributed by atoms with E-state index in [0.29, 0.717) is 23.0 Å². The highest BCUT2D eigenvalue weighted by Crippen LogP contribution is 2.42. The third-order valence-corrected chi connectivity index (χ3v) is 5.50. The molecule has 0 fully saturated rings. The van der Waals surface area contributed by atoms with Crippen LogP contribution in [-0.2, 0) is 17.8 Å². The van der Waals surface area contributed by atoms with Gasteiger partial charge in [-0.05, 0) is 41.8 Å². The average Bonchev–Trinajstić information content (AvgIpc) is 3.14. The van der Waals surface area contributed by atoms with Crippen molar-refractivity contribution in [1.29, 1.82) is 0 Å². The van der Waals surface area contributed by atoms with Gasteiger partial charge in [-0.3, -0.25) is 0 Å². The van der Waals surface area contributed by atoms with E-state index >= 15 is 0 Å². The fourth-order valence-electron chi connectivity index (χ4n) is 3.59. The highest BCUT2D eigenvalue weighted by Gasteiger charge is 2.27. The first-order valence-electron chi connectivity index (χ1n) is 9.70. The molecule has 1 atom stereocenters. The summed E-state index contributed by atoms with van der Waals surface area (Å²) in [6, 6.07) is 19.2. The van der Waals surface area contributed by atoms with Crippen LogP contribution in [0.3, 0.4) is 0 Å². The van der Waals surface area contributed by atoms with Gasteiger partial charge in [0.25, 0.3) is 0 Å². The molecule has 0 saturated heterocycles. The maximum absolute atomic E-state index is 12.0. The summed E-state index contributed by atoms with van der Waals surface area (Å²) in [6.07, 6.45) is 0.0697. The van der Waals surface area contributed by atoms with Gasteiger partial charge in [0.1, 0.15) is 18.5 Å². The van der Waals surface area contributed by atoms with Crippen molar-refractivity contribution in [2.75, 3.05) is 6.54 Å². The number of benzene rings is 3. The van der Waals surface area contributed by atoms with Gasteiger partial charge in [-0.2, -0.15) is 0 Å². The number of aryl methyl sites for hydroxylation is 1. The number of nitrogens with one attached hydrogen (secondary N) is 1. The Morgan fingerprint density at radius 3 is 2.67 bits per heavy atom. The first-order chi connectivity index (χ1) is 14.5. The van der Waals surface area contributed by atoms with E-state index < -0.39 is 6.09 Å². The zero-order valence-corrected chi connectivity index (χ0v) is 18.0. The van der Waals surface area contributed by atoms with Crippen molar-refractivity contribution in [3.63, 3.8) is 0 Å². The van der Waals surface area contributed by atoms with Crippen LogP contribution in [0.5, 0.6) is 5.75 Å². The minimum Gasteiger partial charge on any atom is -0.487 e. The van der Waals surface area contributed by atoms with Gasteiger partial charge in [0.15, 0.2) is 0 Å². The van der Waals surface area contributed by atoms with Crippen LogP contribution in [0.4, 0.5) is 4.79 Å². The lowest BCUT2D eigenvalue weighted by molar-refractivity contribution is 0.133. The molecular weight excluding hydrogens is 421 g/mol. The molecule has 1 aliphatic rings. The first-order valence-corrected chi connectivity index (χ1v) is 10.5. The summed E-state index contributed by atoms with van der Waals surface area (Å²) < 4.78 is 11.5. The molecule has 0 aromatic heterocycles. The first kappa shape index (κ1) is 20.6. The number of alkyl carbamates (subject to hydrolysis) is 1. The van der Waals surface area contributed by atoms with Crippen molar-refractivity contribution in [2.24, 2.45) is 0 Å². The summed E-state index contributed by atoms with van der Waals surface area (Å²) >= 11 is 12.5. The van der Waals surface area contributed by atoms with Crippen LogP contribution in [0.25, 0.3) is 11.1 Å². The van der Waals surface area contributed by atoms with Crippen LogP contribution in [0, 0.1) is 6.92 Å². The van der Waals surface area contributed by atoms with Crippen LogP contribution in [-0.4, -0.2) is 18.7 Å². The molecule has 0 aliphatic carbocycles. The maximum atomic E-state index is 12.0. The van der Waals surface area contributed by atoms with Crippen LogP contribution < -0.4 is 10.1 Å². The van der Waals surface area contributed by atoms with Gasteiger partial charge >= 0.3 is 6.09 Å². The lowest BCUT2D eigenvalue weighted by Gasteiger charge is -2.15. The number of carbonyl (C=O) groups excluding carboxylic acids is 1. The van der Waals surface area contributed by atoms with Crippen molar-refractivity contribution in [3.05, 3.63) is 87.4 Å². The molecule has 0 saturated carbocycles. The molecule has 6 heteroatoms. The minimum atomic E-state index is -0.462. The third kappa shape index (κ3) is 4.72. The summed E-state index contributed by atoms with van der Waals surface area (Å²) in [5.74, 6) is 0.800. The Labute approximate surface area is 185 Å². The Kier molecular flexibility index (Phi) is 6.16. The largest absolute Gasteiger partial charge is 0.487 e. The zero-order chi connectivity index (χ0) is 21.1. The minimum absolute atomic E-state index is 0.170. The van der Waals surface area contributed by atoms with Crippen molar-refractivity contribution in [2.45, 2.75) is 26.1 Å². The van der Waals surface area contributed by atoms with Gasteiger partial charge in [-0.1, -0.05) is 65.7 Å². The van der Waals surface area contributed by atoms with Crippen molar-refractivity contribution in [3.8, 4) is 16.9 Å². The van der Waals surface area contributed by atoms with Crippen LogP contribution in [0.1, 0.15) is 16.7 Å². The molecule has 0 spiro atoms. The van der Waals surface area contributed by atoms with E-state index in [-0.39, 0.29) is 12.7 Å². The number of carbonyl (C=O) groups is 1. The van der Waals surface area contributed by atoms with Crippen LogP contribution in [0.15, 0.2) is 60.7 Å². The number of ether oxygens (including phenoxy) is 2. The lowest BCUT2D eigenvalue weighted by atomic mass is 9.98. The van der Waals surface area contributed by atoms with Gasteiger partial charge in [0.2, 0.25) is 0 Å². The normalized spacial score (nSPS) is 14.7. The molecule has 4 rings (SSSR count). The van der Waals surface area contributed by atoms with Gasteiger partial charge in [-0.15, -0.1) is 0 Å². The molecule has 1 N–H and O–H groups in total. The molecular formula is C24H21Cl2NO3. The Morgan fingerprint density at radius 2 is 1.90 bits per heavy atom. The zero-order valence-electron chi connectivity index (χ0n) is 16.5. The van der Waals surface area contributed by atoms with E-state index in [0.717, 1.165) is 33.6 Å². The quantitative estimate of drug-likeness (QED) is 0.512. The average molecular weight is 442 g/mol. The van der Waals surface area contributed by atoms with E-state index in [9.17, 15) is 4.79 Å². The van der Waals surface area contributed by atoms with Crippen molar-refractivity contribution >= 4 is 29.3 Å². The second-order valence-corrected chi connectivity index (χ2v) is 8.16. The number of rotatable bonds is 5. The Bertz CT molecular complexity index is 1070. The monoisotopic (exact) mass is 441 g/mol. The number of hydrogen-bond acceptors (Lipinski definition) is 3. The standard InChI is InChI=1S/C24H21Cl2NO3/c1-15-9-17-11-19(13-27-24(28)29-14-16-5-3-2-4-6-16)30-23(17)21(10-15)20-8-7-18(25)12-22(20)26/h2-10,12,19H,11,13-14H2,1H3,(H,27,28). The van der Waals surface area contributed by atoms with Crippen LogP contribution in [0.2, 0.25) is 10.0 Å². The number of halogens is 2. The molecule has 4 nitrogen and oxygen atoms in total. The maximum Gasteiger partial charge on any atom is 0.407 e. The molecule has 0 bridgehead atoms. The molecule has 1 amide bonds. The predicted molar refractivity (Wildman–Crippen MR) is 119 cm³/mol. The fourth-order valence-corrected chi connectivity index (χ4v) is 4.10. The molecule has 1 heterocycles. The molecule has 0 radical (unpaired) electrons. The Morgan fingerprint density at radius 1 is 1.10 bits per heavy atom. The molecule has 3 aromatic rings. The summed E-state index contributed by atoms with van der Waals surface area (Å²) in [5, 5.41) is 3.95. The van der Waals surface area contributed by atoms with Gasteiger partial charge < -0.3 is 14.8 Å².